The summed E-state index contributed by atoms with van der Waals surface area (Å²) in [4.78, 5) is 22.3. The zero-order valence-electron chi connectivity index (χ0n) is 9.99. The molecule has 0 aliphatic heterocycles. The minimum atomic E-state index is -1.36. The lowest BCUT2D eigenvalue weighted by molar-refractivity contribution is -0.139. The highest BCUT2D eigenvalue weighted by Gasteiger charge is 2.20. The van der Waals surface area contributed by atoms with Crippen LogP contribution >= 0.6 is 11.6 Å². The van der Waals surface area contributed by atoms with Crippen molar-refractivity contribution in [2.24, 2.45) is 0 Å². The van der Waals surface area contributed by atoms with Crippen molar-refractivity contribution in [1.82, 2.24) is 5.32 Å². The lowest BCUT2D eigenvalue weighted by Gasteiger charge is -2.15. The number of carbonyl (C=O) groups is 2. The quantitative estimate of drug-likeness (QED) is 0.663. The standard InChI is InChI=1S/C11H11ClF2N2O4/c12-6-3-5(13)4-7(14)9(6)16-11(20)15-8(1-2-17)10(18)19/h3-4,8,17H,1-2H2,(H,18,19)(H2,15,16,20)/t8-/m1/s1. The van der Waals surface area contributed by atoms with Crippen LogP contribution in [0.2, 0.25) is 5.02 Å². The summed E-state index contributed by atoms with van der Waals surface area (Å²) in [6.07, 6.45) is -0.220. The maximum Gasteiger partial charge on any atom is 0.326 e. The summed E-state index contributed by atoms with van der Waals surface area (Å²) >= 11 is 5.56. The van der Waals surface area contributed by atoms with Crippen molar-refractivity contribution in [3.8, 4) is 0 Å². The Labute approximate surface area is 117 Å². The molecule has 0 bridgehead atoms. The highest BCUT2D eigenvalue weighted by Crippen LogP contribution is 2.26. The van der Waals surface area contributed by atoms with Crippen molar-refractivity contribution >= 4 is 29.3 Å². The average Bonchev–Trinajstić information content (AvgIpc) is 2.33. The summed E-state index contributed by atoms with van der Waals surface area (Å²) in [6.45, 7) is -0.455. The van der Waals surface area contributed by atoms with Crippen molar-refractivity contribution in [2.75, 3.05) is 11.9 Å². The normalized spacial score (nSPS) is 11.8. The highest BCUT2D eigenvalue weighted by molar-refractivity contribution is 6.33. The summed E-state index contributed by atoms with van der Waals surface area (Å²) in [7, 11) is 0. The van der Waals surface area contributed by atoms with Crippen LogP contribution in [-0.4, -0.2) is 34.9 Å². The Kier molecular flexibility index (Phi) is 5.66. The molecule has 0 saturated carbocycles. The predicted molar refractivity (Wildman–Crippen MR) is 66.6 cm³/mol. The smallest absolute Gasteiger partial charge is 0.326 e. The molecule has 0 spiro atoms. The zero-order valence-corrected chi connectivity index (χ0v) is 10.7. The molecule has 0 radical (unpaired) electrons. The van der Waals surface area contributed by atoms with Crippen LogP contribution in [0.4, 0.5) is 19.3 Å². The number of hydrogen-bond donors (Lipinski definition) is 4. The van der Waals surface area contributed by atoms with Crippen LogP contribution in [0, 0.1) is 11.6 Å². The summed E-state index contributed by atoms with van der Waals surface area (Å²) in [5.74, 6) is -3.37. The van der Waals surface area contributed by atoms with Gasteiger partial charge in [0.1, 0.15) is 11.9 Å². The minimum absolute atomic E-state index is 0.220. The molecule has 110 valence electrons. The Hall–Kier alpha value is -1.93. The molecule has 0 aliphatic rings. The van der Waals surface area contributed by atoms with Crippen molar-refractivity contribution in [2.45, 2.75) is 12.5 Å². The Morgan fingerprint density at radius 2 is 2.00 bits per heavy atom. The SMILES string of the molecule is O=C(Nc1c(F)cc(F)cc1Cl)N[C@H](CCO)C(=O)O. The van der Waals surface area contributed by atoms with Gasteiger partial charge in [0.15, 0.2) is 5.82 Å². The van der Waals surface area contributed by atoms with Gasteiger partial charge < -0.3 is 20.8 Å². The third kappa shape index (κ3) is 4.32. The lowest BCUT2D eigenvalue weighted by Crippen LogP contribution is -2.43. The number of aliphatic hydroxyl groups is 1. The molecule has 0 saturated heterocycles. The number of rotatable bonds is 5. The van der Waals surface area contributed by atoms with Gasteiger partial charge in [-0.3, -0.25) is 0 Å². The van der Waals surface area contributed by atoms with Gasteiger partial charge in [0.2, 0.25) is 0 Å². The number of carboxylic acid groups (broad SMARTS) is 1. The summed E-state index contributed by atoms with van der Waals surface area (Å²) in [5, 5.41) is 21.0. The fourth-order valence-electron chi connectivity index (χ4n) is 1.36. The molecule has 1 aromatic carbocycles. The first-order valence-corrected chi connectivity index (χ1v) is 5.78. The fourth-order valence-corrected chi connectivity index (χ4v) is 1.60. The Morgan fingerprint density at radius 1 is 1.35 bits per heavy atom. The summed E-state index contributed by atoms with van der Waals surface area (Å²) in [6, 6.07) is -1.08. The van der Waals surface area contributed by atoms with Crippen LogP contribution in [-0.2, 0) is 4.79 Å². The van der Waals surface area contributed by atoms with Gasteiger partial charge in [-0.15, -0.1) is 0 Å². The van der Waals surface area contributed by atoms with E-state index in [9.17, 15) is 18.4 Å². The van der Waals surface area contributed by atoms with Gasteiger partial charge in [-0.05, 0) is 6.07 Å². The van der Waals surface area contributed by atoms with Gasteiger partial charge in [-0.1, -0.05) is 11.6 Å². The summed E-state index contributed by atoms with van der Waals surface area (Å²) < 4.78 is 26.2. The van der Waals surface area contributed by atoms with Crippen molar-refractivity contribution in [3.63, 3.8) is 0 Å². The molecule has 0 aliphatic carbocycles. The van der Waals surface area contributed by atoms with Gasteiger partial charge in [0, 0.05) is 19.1 Å². The number of amides is 2. The van der Waals surface area contributed by atoms with Gasteiger partial charge in [-0.25, -0.2) is 18.4 Å². The molecule has 1 rings (SSSR count). The maximum atomic E-state index is 13.4. The molecule has 0 heterocycles. The topological polar surface area (TPSA) is 98.7 Å². The first-order chi connectivity index (χ1) is 9.35. The van der Waals surface area contributed by atoms with E-state index >= 15 is 0 Å². The third-order valence-corrected chi connectivity index (χ3v) is 2.56. The van der Waals surface area contributed by atoms with Crippen LogP contribution in [0.1, 0.15) is 6.42 Å². The molecule has 1 atom stereocenters. The number of carbonyl (C=O) groups excluding carboxylic acids is 1. The van der Waals surface area contributed by atoms with Gasteiger partial charge in [0.25, 0.3) is 0 Å². The van der Waals surface area contributed by atoms with Crippen LogP contribution in [0.25, 0.3) is 0 Å². The molecule has 2 amide bonds. The van der Waals surface area contributed by atoms with E-state index in [0.717, 1.165) is 6.07 Å². The monoisotopic (exact) mass is 308 g/mol. The van der Waals surface area contributed by atoms with E-state index < -0.39 is 42.0 Å². The molecular weight excluding hydrogens is 298 g/mol. The van der Waals surface area contributed by atoms with E-state index in [-0.39, 0.29) is 11.4 Å². The molecule has 0 unspecified atom stereocenters. The second kappa shape index (κ2) is 7.01. The van der Waals surface area contributed by atoms with E-state index in [0.29, 0.717) is 6.07 Å². The molecule has 0 fully saturated rings. The number of aliphatic carboxylic acids is 1. The molecule has 1 aromatic rings. The van der Waals surface area contributed by atoms with E-state index in [1.165, 1.54) is 0 Å². The summed E-state index contributed by atoms with van der Waals surface area (Å²) in [5.41, 5.74) is -0.473. The van der Waals surface area contributed by atoms with E-state index in [1.54, 1.807) is 0 Å². The average molecular weight is 309 g/mol. The van der Waals surface area contributed by atoms with Crippen LogP contribution in [0.5, 0.6) is 0 Å². The van der Waals surface area contributed by atoms with Crippen molar-refractivity contribution < 1.29 is 28.6 Å². The number of benzene rings is 1. The largest absolute Gasteiger partial charge is 0.480 e. The van der Waals surface area contributed by atoms with Gasteiger partial charge in [0.05, 0.1) is 10.7 Å². The number of anilines is 1. The van der Waals surface area contributed by atoms with Crippen molar-refractivity contribution in [3.05, 3.63) is 28.8 Å². The van der Waals surface area contributed by atoms with Crippen LogP contribution in [0.3, 0.4) is 0 Å². The molecule has 6 nitrogen and oxygen atoms in total. The maximum absolute atomic E-state index is 13.4. The number of carboxylic acids is 1. The number of halogens is 3. The van der Waals surface area contributed by atoms with Crippen LogP contribution in [0.15, 0.2) is 12.1 Å². The highest BCUT2D eigenvalue weighted by atomic mass is 35.5. The first-order valence-electron chi connectivity index (χ1n) is 5.41. The Balaban J connectivity index is 2.78. The Bertz CT molecular complexity index is 504. The first kappa shape index (κ1) is 16.1. The molecule has 0 aromatic heterocycles. The molecule has 9 heteroatoms. The van der Waals surface area contributed by atoms with Crippen molar-refractivity contribution in [1.29, 1.82) is 0 Å². The molecule has 20 heavy (non-hydrogen) atoms. The number of urea groups is 1. The second-order valence-electron chi connectivity index (χ2n) is 3.75. The molecule has 4 N–H and O–H groups in total. The minimum Gasteiger partial charge on any atom is -0.480 e. The zero-order chi connectivity index (χ0) is 15.3. The predicted octanol–water partition coefficient (Wildman–Crippen LogP) is 1.58. The second-order valence-corrected chi connectivity index (χ2v) is 4.15. The molecular formula is C11H11ClF2N2O4. The Morgan fingerprint density at radius 3 is 2.50 bits per heavy atom. The third-order valence-electron chi connectivity index (χ3n) is 2.27. The van der Waals surface area contributed by atoms with Gasteiger partial charge in [-0.2, -0.15) is 0 Å². The lowest BCUT2D eigenvalue weighted by atomic mass is 10.2. The van der Waals surface area contributed by atoms with E-state index in [1.807, 2.05) is 10.6 Å². The number of aliphatic hydroxyl groups excluding tert-OH is 1. The van der Waals surface area contributed by atoms with E-state index in [2.05, 4.69) is 0 Å². The number of nitrogens with one attached hydrogen (secondary N) is 2. The van der Waals surface area contributed by atoms with Gasteiger partial charge >= 0.3 is 12.0 Å². The van der Waals surface area contributed by atoms with E-state index in [4.69, 9.17) is 21.8 Å². The number of hydrogen-bond acceptors (Lipinski definition) is 3. The fraction of sp³-hybridized carbons (Fsp3) is 0.273. The van der Waals surface area contributed by atoms with Crippen LogP contribution < -0.4 is 10.6 Å².